The number of H-pyrrole nitrogens is 1. The summed E-state index contributed by atoms with van der Waals surface area (Å²) < 4.78 is 4.73. The van der Waals surface area contributed by atoms with Crippen molar-refractivity contribution in [1.82, 2.24) is 19.9 Å². The van der Waals surface area contributed by atoms with Gasteiger partial charge in [0, 0.05) is 20.8 Å². The second-order valence-corrected chi connectivity index (χ2v) is 4.48. The number of hydrogen-bond acceptors (Lipinski definition) is 8. The average molecular weight is 339 g/mol. The maximum absolute atomic E-state index is 11.2. The monoisotopic (exact) mass is 339 g/mol. The minimum Gasteiger partial charge on any atom is -0.461 e. The average Bonchev–Trinajstić information content (AvgIpc) is 2.56. The van der Waals surface area contributed by atoms with Crippen molar-refractivity contribution in [3.05, 3.63) is 52.7 Å². The van der Waals surface area contributed by atoms with Crippen LogP contribution in [0.2, 0.25) is 0 Å². The number of carbonyl (C=O) groups excluding carboxylic acids is 1. The van der Waals surface area contributed by atoms with Crippen LogP contribution in [-0.4, -0.2) is 40.9 Å². The first-order chi connectivity index (χ1) is 11.5. The molecule has 3 aromatic rings. The van der Waals surface area contributed by atoms with Crippen LogP contribution in [-0.2, 0) is 4.74 Å². The Morgan fingerprint density at radius 1 is 1.20 bits per heavy atom. The van der Waals surface area contributed by atoms with Gasteiger partial charge in [-0.2, -0.15) is 0 Å². The van der Waals surface area contributed by atoms with Crippen molar-refractivity contribution in [2.24, 2.45) is 0 Å². The largest absolute Gasteiger partial charge is 0.461 e. The molecule has 9 nitrogen and oxygen atoms in total. The third-order valence-electron chi connectivity index (χ3n) is 2.79. The molecule has 5 N–H and O–H groups in total. The number of carbonyl (C=O) groups is 1. The first-order valence-electron chi connectivity index (χ1n) is 7.01. The van der Waals surface area contributed by atoms with E-state index in [9.17, 15) is 9.59 Å². The quantitative estimate of drug-likeness (QED) is 0.447. The number of nitrogens with one attached hydrogen (secondary N) is 1. The molecule has 0 aliphatic carbocycles. The van der Waals surface area contributed by atoms with Crippen molar-refractivity contribution in [3.8, 4) is 0 Å². The highest BCUT2D eigenvalue weighted by atomic mass is 16.5. The zero-order chi connectivity index (χ0) is 17.5. The maximum atomic E-state index is 11.2. The molecule has 0 saturated carbocycles. The number of nitrogen functional groups attached to an aromatic ring is 2. The van der Waals surface area contributed by atoms with Crippen molar-refractivity contribution in [1.29, 1.82) is 0 Å². The second-order valence-electron chi connectivity index (χ2n) is 4.48. The Bertz CT molecular complexity index is 915. The van der Waals surface area contributed by atoms with Gasteiger partial charge in [0.2, 0.25) is 5.95 Å². The third-order valence-corrected chi connectivity index (χ3v) is 2.79. The van der Waals surface area contributed by atoms with Gasteiger partial charge in [-0.15, -0.1) is 0 Å². The predicted molar refractivity (Wildman–Crippen MR) is 94.9 cm³/mol. The molecule has 0 aliphatic heterocycles. The van der Waals surface area contributed by atoms with E-state index in [0.29, 0.717) is 23.3 Å². The summed E-state index contributed by atoms with van der Waals surface area (Å²) in [7, 11) is 0. The Balaban J connectivity index is 0.000000240. The zero-order valence-electron chi connectivity index (χ0n) is 13.5. The summed E-state index contributed by atoms with van der Waals surface area (Å²) in [5, 5.41) is 0. The van der Waals surface area contributed by atoms with Crippen LogP contribution in [0.4, 0.5) is 11.6 Å². The first kappa shape index (κ1) is 19.6. The molecule has 0 spiro atoms. The summed E-state index contributed by atoms with van der Waals surface area (Å²) in [6.45, 7) is 2.06. The van der Waals surface area contributed by atoms with Gasteiger partial charge in [-0.1, -0.05) is 0 Å². The molecule has 0 amide bonds. The van der Waals surface area contributed by atoms with Gasteiger partial charge in [0.15, 0.2) is 11.2 Å². The number of esters is 1. The highest BCUT2D eigenvalue weighted by Gasteiger charge is 2.10. The molecule has 0 fully saturated rings. The number of fused-ring (bicyclic) bond motifs is 1. The predicted octanol–water partition coefficient (Wildman–Crippen LogP) is 0.360. The minimum atomic E-state index is -0.476. The van der Waals surface area contributed by atoms with E-state index >= 15 is 0 Å². The zero-order valence-corrected chi connectivity index (χ0v) is 13.5. The number of nitrogens with two attached hydrogens (primary N) is 2. The van der Waals surface area contributed by atoms with Crippen molar-refractivity contribution in [3.63, 3.8) is 0 Å². The normalized spacial score (nSPS) is 9.48. The Morgan fingerprint density at radius 2 is 1.88 bits per heavy atom. The van der Waals surface area contributed by atoms with Crippen molar-refractivity contribution < 1.29 is 9.53 Å². The van der Waals surface area contributed by atoms with Gasteiger partial charge in [-0.3, -0.25) is 9.78 Å². The lowest BCUT2D eigenvalue weighted by Crippen LogP contribution is -2.12. The third kappa shape index (κ3) is 5.03. The van der Waals surface area contributed by atoms with Crippen LogP contribution in [0, 0.1) is 0 Å². The molecule has 0 aliphatic rings. The smallest absolute Gasteiger partial charge is 0.359 e. The number of pyridine rings is 2. The molecule has 3 aromatic heterocycles. The number of hydrogen-bond donors (Lipinski definition) is 3. The lowest BCUT2D eigenvalue weighted by atomic mass is 10.3. The number of aromatic amines is 1. The second kappa shape index (κ2) is 9.01. The Labute approximate surface area is 145 Å². The summed E-state index contributed by atoms with van der Waals surface area (Å²) >= 11 is 0. The van der Waals surface area contributed by atoms with E-state index in [1.54, 1.807) is 31.2 Å². The van der Waals surface area contributed by atoms with E-state index in [0.717, 1.165) is 0 Å². The molecule has 3 rings (SSSR count). The van der Waals surface area contributed by atoms with Crippen molar-refractivity contribution >= 4 is 37.1 Å². The summed E-state index contributed by atoms with van der Waals surface area (Å²) in [6.07, 6.45) is 3.04. The summed E-state index contributed by atoms with van der Waals surface area (Å²) in [6, 6.07) is 6.67. The van der Waals surface area contributed by atoms with E-state index in [4.69, 9.17) is 16.2 Å². The van der Waals surface area contributed by atoms with E-state index in [-0.39, 0.29) is 25.6 Å². The van der Waals surface area contributed by atoms with E-state index < -0.39 is 5.97 Å². The van der Waals surface area contributed by atoms with Crippen LogP contribution >= 0.6 is 0 Å². The maximum Gasteiger partial charge on any atom is 0.359 e. The van der Waals surface area contributed by atoms with Crippen LogP contribution in [0.5, 0.6) is 0 Å². The van der Waals surface area contributed by atoms with Crippen LogP contribution in [0.15, 0.2) is 41.5 Å². The molecule has 127 valence electrons. The number of anilines is 2. The van der Waals surface area contributed by atoms with Crippen LogP contribution in [0.1, 0.15) is 17.4 Å². The number of aromatic nitrogens is 4. The molecule has 0 saturated heterocycles. The molecule has 3 heterocycles. The molecule has 0 aromatic carbocycles. The SMILES string of the molecule is CCOC(=O)c1ncccc1N.Nc1nc2cccnc2c(=O)[nH]1.[B]. The summed E-state index contributed by atoms with van der Waals surface area (Å²) in [4.78, 5) is 36.2. The molecule has 0 unspecified atom stereocenters. The molecule has 0 atom stereocenters. The highest BCUT2D eigenvalue weighted by molar-refractivity contribution is 5.92. The molecule has 0 bridgehead atoms. The fourth-order valence-electron chi connectivity index (χ4n) is 1.78. The Morgan fingerprint density at radius 3 is 2.56 bits per heavy atom. The number of nitrogens with zero attached hydrogens (tertiary/aromatic N) is 3. The van der Waals surface area contributed by atoms with E-state index in [2.05, 4.69) is 19.9 Å². The molecule has 10 heteroatoms. The van der Waals surface area contributed by atoms with Crippen LogP contribution in [0.3, 0.4) is 0 Å². The fourth-order valence-corrected chi connectivity index (χ4v) is 1.78. The van der Waals surface area contributed by atoms with Gasteiger partial charge < -0.3 is 16.2 Å². The van der Waals surface area contributed by atoms with Gasteiger partial charge in [0.1, 0.15) is 0 Å². The van der Waals surface area contributed by atoms with Gasteiger partial charge in [0.05, 0.1) is 17.8 Å². The van der Waals surface area contributed by atoms with Crippen molar-refractivity contribution in [2.75, 3.05) is 18.1 Å². The highest BCUT2D eigenvalue weighted by Crippen LogP contribution is 2.07. The summed E-state index contributed by atoms with van der Waals surface area (Å²) in [5.41, 5.74) is 11.9. The Hall–Kier alpha value is -3.43. The van der Waals surface area contributed by atoms with E-state index in [1.807, 2.05) is 0 Å². The Kier molecular flexibility index (Phi) is 7.07. The molecule has 3 radical (unpaired) electrons. The molecular weight excluding hydrogens is 323 g/mol. The number of rotatable bonds is 2. The van der Waals surface area contributed by atoms with Gasteiger partial charge in [-0.25, -0.2) is 19.7 Å². The van der Waals surface area contributed by atoms with Gasteiger partial charge in [0.25, 0.3) is 5.56 Å². The fraction of sp³-hybridized carbons (Fsp3) is 0.133. The van der Waals surface area contributed by atoms with Crippen LogP contribution < -0.4 is 17.0 Å². The minimum absolute atomic E-state index is 0. The first-order valence-corrected chi connectivity index (χ1v) is 7.01. The summed E-state index contributed by atoms with van der Waals surface area (Å²) in [5.74, 6) is -0.365. The molecular formula is C15H16BN6O3. The van der Waals surface area contributed by atoms with E-state index in [1.165, 1.54) is 12.4 Å². The van der Waals surface area contributed by atoms with Gasteiger partial charge >= 0.3 is 5.97 Å². The topological polar surface area (TPSA) is 150 Å². The lowest BCUT2D eigenvalue weighted by Gasteiger charge is -2.02. The lowest BCUT2D eigenvalue weighted by molar-refractivity contribution is 0.0521. The number of ether oxygens (including phenoxy) is 1. The van der Waals surface area contributed by atoms with Crippen LogP contribution in [0.25, 0.3) is 11.0 Å². The standard InChI is InChI=1S/C8H10N2O2.C7H6N4O.B/c1-2-12-8(11)7-6(9)4-3-5-10-7;8-7-10-4-2-1-3-9-5(4)6(12)11-7;/h3-5H,2,9H2,1H3;1-3H,(H3,8,10,11,12);. The molecule has 25 heavy (non-hydrogen) atoms. The van der Waals surface area contributed by atoms with Crippen molar-refractivity contribution in [2.45, 2.75) is 6.92 Å². The van der Waals surface area contributed by atoms with Gasteiger partial charge in [-0.05, 0) is 31.2 Å².